The van der Waals surface area contributed by atoms with Crippen molar-refractivity contribution >= 4 is 31.6 Å². The fourth-order valence-corrected chi connectivity index (χ4v) is 7.05. The molecule has 0 spiro atoms. The lowest BCUT2D eigenvalue weighted by Crippen LogP contribution is -2.41. The fraction of sp³-hybridized carbons (Fsp3) is 0.345. The number of nitrogens with one attached hydrogen (secondary N) is 1. The molecule has 1 aliphatic rings. The van der Waals surface area contributed by atoms with E-state index in [1.54, 1.807) is 48.5 Å². The van der Waals surface area contributed by atoms with E-state index in [0.717, 1.165) is 9.87 Å². The first-order valence-electron chi connectivity index (χ1n) is 13.5. The first-order chi connectivity index (χ1) is 20.1. The van der Waals surface area contributed by atoms with Crippen LogP contribution in [0.25, 0.3) is 0 Å². The number of hydrogen-bond donors (Lipinski definition) is 1. The molecule has 0 bridgehead atoms. The average Bonchev–Trinajstić information content (AvgIpc) is 2.99. The molecule has 0 radical (unpaired) electrons. The Hall–Kier alpha value is -3.65. The molecule has 0 unspecified atom stereocenters. The highest BCUT2D eigenvalue weighted by atomic mass is 32.2. The third-order valence-corrected chi connectivity index (χ3v) is 10.2. The number of anilines is 1. The molecule has 0 saturated carbocycles. The minimum Gasteiger partial charge on any atom is -0.494 e. The molecule has 3 aromatic carbocycles. The van der Waals surface area contributed by atoms with E-state index in [4.69, 9.17) is 14.2 Å². The van der Waals surface area contributed by atoms with Gasteiger partial charge in [-0.2, -0.15) is 4.31 Å². The summed E-state index contributed by atoms with van der Waals surface area (Å²) in [6.45, 7) is 5.27. The smallest absolute Gasteiger partial charge is 0.264 e. The molecule has 1 saturated heterocycles. The summed E-state index contributed by atoms with van der Waals surface area (Å²) in [4.78, 5) is 13.1. The van der Waals surface area contributed by atoms with E-state index in [0.29, 0.717) is 50.1 Å². The van der Waals surface area contributed by atoms with E-state index < -0.39 is 32.5 Å². The molecule has 0 aliphatic carbocycles. The molecule has 1 N–H and O–H groups in total. The highest BCUT2D eigenvalue weighted by Gasteiger charge is 2.28. The van der Waals surface area contributed by atoms with E-state index in [2.05, 4.69) is 5.32 Å². The zero-order chi connectivity index (χ0) is 30.2. The quantitative estimate of drug-likeness (QED) is 0.290. The van der Waals surface area contributed by atoms with E-state index in [9.17, 15) is 21.6 Å². The van der Waals surface area contributed by atoms with Crippen LogP contribution >= 0.6 is 0 Å². The van der Waals surface area contributed by atoms with E-state index in [1.165, 1.54) is 28.6 Å². The van der Waals surface area contributed by atoms with Gasteiger partial charge in [0, 0.05) is 13.1 Å². The highest BCUT2D eigenvalue weighted by Crippen LogP contribution is 2.26. The molecule has 4 rings (SSSR count). The van der Waals surface area contributed by atoms with Crippen molar-refractivity contribution < 1.29 is 35.8 Å². The first kappa shape index (κ1) is 31.3. The Labute approximate surface area is 247 Å². The summed E-state index contributed by atoms with van der Waals surface area (Å²) in [5, 5.41) is 2.69. The maximum Gasteiger partial charge on any atom is 0.264 e. The molecule has 3 aromatic rings. The van der Waals surface area contributed by atoms with Gasteiger partial charge in [-0.25, -0.2) is 16.8 Å². The van der Waals surface area contributed by atoms with E-state index >= 15 is 0 Å². The molecular weight excluding hydrogens is 582 g/mol. The number of carbonyl (C=O) groups excluding carboxylic acids is 1. The fourth-order valence-electron chi connectivity index (χ4n) is 4.22. The average molecular weight is 618 g/mol. The van der Waals surface area contributed by atoms with Gasteiger partial charge in [0.1, 0.15) is 24.7 Å². The number of carbonyl (C=O) groups is 1. The number of amides is 1. The van der Waals surface area contributed by atoms with Crippen LogP contribution in [0.3, 0.4) is 0 Å². The topological polar surface area (TPSA) is 132 Å². The molecule has 1 heterocycles. The van der Waals surface area contributed by atoms with Crippen LogP contribution in [0.15, 0.2) is 82.6 Å². The SMILES string of the molecule is CCOc1ccc(N(CC(=O)NCCOc2ccc(S(=O)(=O)N3CCOCC3)cc2)S(=O)(=O)c2ccc(C)cc2)cc1. The second kappa shape index (κ2) is 14.0. The minimum atomic E-state index is -4.05. The lowest BCUT2D eigenvalue weighted by Gasteiger charge is -2.26. The molecule has 13 heteroatoms. The molecule has 226 valence electrons. The van der Waals surface area contributed by atoms with Crippen LogP contribution in [0.5, 0.6) is 11.5 Å². The van der Waals surface area contributed by atoms with Crippen molar-refractivity contribution in [3.05, 3.63) is 78.4 Å². The number of sulfonamides is 2. The summed E-state index contributed by atoms with van der Waals surface area (Å²) in [7, 11) is -7.66. The Balaban J connectivity index is 1.36. The molecule has 0 aromatic heterocycles. The Morgan fingerprint density at radius 3 is 2.05 bits per heavy atom. The van der Waals surface area contributed by atoms with Crippen molar-refractivity contribution in [1.29, 1.82) is 0 Å². The van der Waals surface area contributed by atoms with Crippen LogP contribution in [-0.4, -0.2) is 79.7 Å². The normalized spacial score (nSPS) is 14.2. The van der Waals surface area contributed by atoms with Crippen molar-refractivity contribution in [2.75, 3.05) is 56.9 Å². The highest BCUT2D eigenvalue weighted by molar-refractivity contribution is 7.92. The third-order valence-electron chi connectivity index (χ3n) is 6.46. The number of hydrogen-bond acceptors (Lipinski definition) is 8. The van der Waals surface area contributed by atoms with Crippen LogP contribution in [0.2, 0.25) is 0 Å². The summed E-state index contributed by atoms with van der Waals surface area (Å²) < 4.78 is 71.4. The van der Waals surface area contributed by atoms with Gasteiger partial charge < -0.3 is 19.5 Å². The summed E-state index contributed by atoms with van der Waals surface area (Å²) in [6.07, 6.45) is 0. The molecular formula is C29H35N3O8S2. The molecule has 1 aliphatic heterocycles. The maximum atomic E-state index is 13.5. The van der Waals surface area contributed by atoms with Gasteiger partial charge in [0.25, 0.3) is 10.0 Å². The maximum absolute atomic E-state index is 13.5. The molecule has 42 heavy (non-hydrogen) atoms. The van der Waals surface area contributed by atoms with Crippen LogP contribution in [0, 0.1) is 6.92 Å². The Bertz CT molecular complexity index is 1540. The number of ether oxygens (including phenoxy) is 3. The number of morpholine rings is 1. The van der Waals surface area contributed by atoms with Gasteiger partial charge >= 0.3 is 0 Å². The Morgan fingerprint density at radius 2 is 1.43 bits per heavy atom. The van der Waals surface area contributed by atoms with Crippen LogP contribution in [0.1, 0.15) is 12.5 Å². The van der Waals surface area contributed by atoms with Gasteiger partial charge in [0.2, 0.25) is 15.9 Å². The Kier molecular flexibility index (Phi) is 10.4. The monoisotopic (exact) mass is 617 g/mol. The second-order valence-electron chi connectivity index (χ2n) is 9.44. The number of benzene rings is 3. The number of aryl methyl sites for hydroxylation is 1. The Morgan fingerprint density at radius 1 is 0.857 bits per heavy atom. The molecule has 1 fully saturated rings. The predicted molar refractivity (Wildman–Crippen MR) is 158 cm³/mol. The zero-order valence-corrected chi connectivity index (χ0v) is 25.2. The predicted octanol–water partition coefficient (Wildman–Crippen LogP) is 2.81. The van der Waals surface area contributed by atoms with Gasteiger partial charge in [0.05, 0.1) is 41.8 Å². The summed E-state index contributed by atoms with van der Waals surface area (Å²) >= 11 is 0. The molecule has 1 amide bonds. The van der Waals surface area contributed by atoms with Crippen molar-refractivity contribution in [3.63, 3.8) is 0 Å². The van der Waals surface area contributed by atoms with Crippen LogP contribution in [0.4, 0.5) is 5.69 Å². The summed E-state index contributed by atoms with van der Waals surface area (Å²) in [5.41, 5.74) is 1.23. The van der Waals surface area contributed by atoms with Crippen molar-refractivity contribution in [2.24, 2.45) is 0 Å². The minimum absolute atomic E-state index is 0.0669. The van der Waals surface area contributed by atoms with Gasteiger partial charge in [-0.15, -0.1) is 0 Å². The standard InChI is InChI=1S/C29H35N3O8S2/c1-3-39-25-8-6-24(7-9-25)32(42(36,37)28-12-4-23(2)5-13-28)22-29(33)30-16-19-40-26-10-14-27(15-11-26)41(34,35)31-17-20-38-21-18-31/h4-15H,3,16-22H2,1-2H3,(H,30,33). The largest absolute Gasteiger partial charge is 0.494 e. The van der Waals surface area contributed by atoms with Gasteiger partial charge in [0.15, 0.2) is 0 Å². The van der Waals surface area contributed by atoms with Gasteiger partial charge in [-0.1, -0.05) is 17.7 Å². The van der Waals surface area contributed by atoms with Gasteiger partial charge in [-0.3, -0.25) is 9.10 Å². The van der Waals surface area contributed by atoms with E-state index in [1.807, 2.05) is 13.8 Å². The van der Waals surface area contributed by atoms with Crippen molar-refractivity contribution in [2.45, 2.75) is 23.6 Å². The molecule has 0 atom stereocenters. The zero-order valence-electron chi connectivity index (χ0n) is 23.6. The van der Waals surface area contributed by atoms with Gasteiger partial charge in [-0.05, 0) is 74.5 Å². The lowest BCUT2D eigenvalue weighted by atomic mass is 10.2. The lowest BCUT2D eigenvalue weighted by molar-refractivity contribution is -0.119. The summed E-state index contributed by atoms with van der Waals surface area (Å²) in [5.74, 6) is 0.500. The number of nitrogens with zero attached hydrogens (tertiary/aromatic N) is 2. The molecule has 11 nitrogen and oxygen atoms in total. The summed E-state index contributed by atoms with van der Waals surface area (Å²) in [6, 6.07) is 19.0. The van der Waals surface area contributed by atoms with E-state index in [-0.39, 0.29) is 22.9 Å². The first-order valence-corrected chi connectivity index (χ1v) is 16.4. The second-order valence-corrected chi connectivity index (χ2v) is 13.2. The number of rotatable bonds is 13. The van der Waals surface area contributed by atoms with Crippen molar-refractivity contribution in [1.82, 2.24) is 9.62 Å². The third kappa shape index (κ3) is 7.79. The van der Waals surface area contributed by atoms with Crippen LogP contribution < -0.4 is 19.1 Å². The van der Waals surface area contributed by atoms with Crippen molar-refractivity contribution in [3.8, 4) is 11.5 Å². The van der Waals surface area contributed by atoms with Crippen LogP contribution in [-0.2, 0) is 29.6 Å².